The van der Waals surface area contributed by atoms with E-state index >= 15 is 0 Å². The summed E-state index contributed by atoms with van der Waals surface area (Å²) in [6, 6.07) is 20.6. The zero-order valence-corrected chi connectivity index (χ0v) is 16.9. The second kappa shape index (κ2) is 8.90. The van der Waals surface area contributed by atoms with Gasteiger partial charge in [0.1, 0.15) is 5.82 Å². The number of benzene rings is 2. The van der Waals surface area contributed by atoms with Gasteiger partial charge in [0.25, 0.3) is 0 Å². The number of likely N-dealkylation sites (N-methyl/N-ethyl adjacent to an activating group) is 1. The molecule has 5 nitrogen and oxygen atoms in total. The van der Waals surface area contributed by atoms with Gasteiger partial charge in [-0.1, -0.05) is 60.3 Å². The van der Waals surface area contributed by atoms with Gasteiger partial charge in [0.15, 0.2) is 5.16 Å². The second-order valence-electron chi connectivity index (χ2n) is 7.43. The minimum Gasteiger partial charge on any atom is -0.391 e. The highest BCUT2D eigenvalue weighted by molar-refractivity contribution is 7.99. The van der Waals surface area contributed by atoms with Gasteiger partial charge in [0.2, 0.25) is 0 Å². The molecule has 0 amide bonds. The molecule has 4 rings (SSSR count). The van der Waals surface area contributed by atoms with Crippen molar-refractivity contribution in [2.24, 2.45) is 0 Å². The van der Waals surface area contributed by atoms with Crippen LogP contribution in [0.1, 0.15) is 30.1 Å². The minimum atomic E-state index is -0.427. The number of thioether (sulfide) groups is 1. The summed E-state index contributed by atoms with van der Waals surface area (Å²) in [5.41, 5.74) is 2.34. The number of aliphatic hydroxyl groups is 1. The maximum absolute atomic E-state index is 10.5. The van der Waals surface area contributed by atoms with Crippen LogP contribution in [0.5, 0.6) is 0 Å². The normalized spacial score (nSPS) is 15.1. The average Bonchev–Trinajstić information content (AvgIpc) is 3.47. The lowest BCUT2D eigenvalue weighted by Crippen LogP contribution is -2.30. The fourth-order valence-corrected chi connectivity index (χ4v) is 4.22. The number of aromatic nitrogens is 3. The molecule has 0 bridgehead atoms. The molecule has 0 spiro atoms. The summed E-state index contributed by atoms with van der Waals surface area (Å²) >= 11 is 1.58. The summed E-state index contributed by atoms with van der Waals surface area (Å²) in [4.78, 5) is 2.15. The van der Waals surface area contributed by atoms with Crippen LogP contribution in [0.2, 0.25) is 0 Å². The van der Waals surface area contributed by atoms with Gasteiger partial charge in [-0.3, -0.25) is 9.47 Å². The molecule has 0 saturated heterocycles. The smallest absolute Gasteiger partial charge is 0.195 e. The van der Waals surface area contributed by atoms with Gasteiger partial charge in [-0.15, -0.1) is 10.2 Å². The van der Waals surface area contributed by atoms with Crippen LogP contribution in [0.25, 0.3) is 5.69 Å². The number of nitrogens with zero attached hydrogens (tertiary/aromatic N) is 4. The molecule has 1 saturated carbocycles. The maximum Gasteiger partial charge on any atom is 0.195 e. The number of hydrogen-bond donors (Lipinski definition) is 1. The molecule has 28 heavy (non-hydrogen) atoms. The molecule has 0 radical (unpaired) electrons. The first-order valence-corrected chi connectivity index (χ1v) is 10.7. The Hall–Kier alpha value is -2.15. The van der Waals surface area contributed by atoms with Gasteiger partial charge in [0.05, 0.1) is 6.10 Å². The topological polar surface area (TPSA) is 54.2 Å². The fraction of sp³-hybridized carbons (Fsp3) is 0.364. The van der Waals surface area contributed by atoms with Crippen LogP contribution in [-0.2, 0) is 6.54 Å². The molecular weight excluding hydrogens is 368 g/mol. The fourth-order valence-electron chi connectivity index (χ4n) is 3.34. The molecule has 1 aromatic heterocycles. The van der Waals surface area contributed by atoms with Crippen LogP contribution in [0.4, 0.5) is 0 Å². The first kappa shape index (κ1) is 19.2. The van der Waals surface area contributed by atoms with Crippen molar-refractivity contribution in [3.05, 3.63) is 72.1 Å². The SMILES string of the molecule is CN(Cc1ccccc1)CC(O)CSc1nnc(C2CC2)n1-c1ccccc1. The third-order valence-electron chi connectivity index (χ3n) is 4.84. The largest absolute Gasteiger partial charge is 0.391 e. The second-order valence-corrected chi connectivity index (χ2v) is 8.42. The van der Waals surface area contributed by atoms with Gasteiger partial charge in [0, 0.05) is 30.4 Å². The molecule has 3 aromatic rings. The van der Waals surface area contributed by atoms with Crippen LogP contribution in [-0.4, -0.2) is 50.2 Å². The molecule has 1 fully saturated rings. The van der Waals surface area contributed by atoms with E-state index in [1.54, 1.807) is 11.8 Å². The number of aliphatic hydroxyl groups excluding tert-OH is 1. The van der Waals surface area contributed by atoms with E-state index in [2.05, 4.69) is 43.9 Å². The van der Waals surface area contributed by atoms with Crippen molar-refractivity contribution in [3.63, 3.8) is 0 Å². The Morgan fingerprint density at radius 2 is 1.75 bits per heavy atom. The van der Waals surface area contributed by atoms with Gasteiger partial charge in [-0.25, -0.2) is 0 Å². The molecule has 0 aliphatic heterocycles. The van der Waals surface area contributed by atoms with Crippen molar-refractivity contribution in [3.8, 4) is 5.69 Å². The molecule has 1 unspecified atom stereocenters. The predicted molar refractivity (Wildman–Crippen MR) is 113 cm³/mol. The van der Waals surface area contributed by atoms with E-state index in [1.165, 1.54) is 18.4 Å². The van der Waals surface area contributed by atoms with Gasteiger partial charge >= 0.3 is 0 Å². The van der Waals surface area contributed by atoms with Crippen LogP contribution < -0.4 is 0 Å². The van der Waals surface area contributed by atoms with Gasteiger partial charge in [-0.05, 0) is 37.6 Å². The average molecular weight is 395 g/mol. The summed E-state index contributed by atoms with van der Waals surface area (Å²) in [7, 11) is 2.04. The number of rotatable bonds is 9. The van der Waals surface area contributed by atoms with E-state index in [-0.39, 0.29) is 0 Å². The van der Waals surface area contributed by atoms with E-state index in [1.807, 2.05) is 43.4 Å². The Bertz CT molecular complexity index is 880. The lowest BCUT2D eigenvalue weighted by atomic mass is 10.2. The first-order valence-electron chi connectivity index (χ1n) is 9.75. The zero-order valence-electron chi connectivity index (χ0n) is 16.1. The Labute approximate surface area is 170 Å². The third-order valence-corrected chi connectivity index (χ3v) is 5.91. The van der Waals surface area contributed by atoms with Crippen molar-refractivity contribution >= 4 is 11.8 Å². The third kappa shape index (κ3) is 4.82. The maximum atomic E-state index is 10.5. The molecule has 1 aliphatic carbocycles. The predicted octanol–water partition coefficient (Wildman–Crippen LogP) is 3.73. The van der Waals surface area contributed by atoms with Crippen molar-refractivity contribution in [1.82, 2.24) is 19.7 Å². The van der Waals surface area contributed by atoms with Crippen molar-refractivity contribution < 1.29 is 5.11 Å². The molecular formula is C22H26N4OS. The van der Waals surface area contributed by atoms with E-state index < -0.39 is 6.10 Å². The highest BCUT2D eigenvalue weighted by Crippen LogP contribution is 2.41. The quantitative estimate of drug-likeness (QED) is 0.561. The molecule has 1 heterocycles. The lowest BCUT2D eigenvalue weighted by Gasteiger charge is -2.20. The Balaban J connectivity index is 1.38. The van der Waals surface area contributed by atoms with Crippen LogP contribution in [0.3, 0.4) is 0 Å². The minimum absolute atomic E-state index is 0.427. The number of hydrogen-bond acceptors (Lipinski definition) is 5. The Kier molecular flexibility index (Phi) is 6.10. The van der Waals surface area contributed by atoms with E-state index in [0.29, 0.717) is 18.2 Å². The highest BCUT2D eigenvalue weighted by atomic mass is 32.2. The summed E-state index contributed by atoms with van der Waals surface area (Å²) in [5, 5.41) is 20.3. The summed E-state index contributed by atoms with van der Waals surface area (Å²) in [6.45, 7) is 1.45. The van der Waals surface area contributed by atoms with Crippen LogP contribution in [0.15, 0.2) is 65.8 Å². The Morgan fingerprint density at radius 3 is 2.43 bits per heavy atom. The van der Waals surface area contributed by atoms with E-state index in [0.717, 1.165) is 23.2 Å². The van der Waals surface area contributed by atoms with E-state index in [4.69, 9.17) is 0 Å². The summed E-state index contributed by atoms with van der Waals surface area (Å²) < 4.78 is 2.16. The van der Waals surface area contributed by atoms with Crippen LogP contribution in [0, 0.1) is 0 Å². The Morgan fingerprint density at radius 1 is 1.07 bits per heavy atom. The monoisotopic (exact) mass is 394 g/mol. The van der Waals surface area contributed by atoms with Crippen molar-refractivity contribution in [1.29, 1.82) is 0 Å². The zero-order chi connectivity index (χ0) is 19.3. The molecule has 146 valence electrons. The summed E-state index contributed by atoms with van der Waals surface area (Å²) in [5.74, 6) is 2.16. The molecule has 2 aromatic carbocycles. The van der Waals surface area contributed by atoms with Gasteiger partial charge < -0.3 is 5.11 Å². The van der Waals surface area contributed by atoms with Crippen LogP contribution >= 0.6 is 11.8 Å². The van der Waals surface area contributed by atoms with Gasteiger partial charge in [-0.2, -0.15) is 0 Å². The van der Waals surface area contributed by atoms with Crippen molar-refractivity contribution in [2.75, 3.05) is 19.3 Å². The van der Waals surface area contributed by atoms with E-state index in [9.17, 15) is 5.11 Å². The molecule has 1 atom stereocenters. The number of para-hydroxylation sites is 1. The van der Waals surface area contributed by atoms with Crippen molar-refractivity contribution in [2.45, 2.75) is 36.6 Å². The lowest BCUT2D eigenvalue weighted by molar-refractivity contribution is 0.142. The first-order chi connectivity index (χ1) is 13.7. The highest BCUT2D eigenvalue weighted by Gasteiger charge is 2.31. The molecule has 6 heteroatoms. The standard InChI is InChI=1S/C22H26N4OS/c1-25(14-17-8-4-2-5-9-17)15-20(27)16-28-22-24-23-21(18-12-13-18)26(22)19-10-6-3-7-11-19/h2-11,18,20,27H,12-16H2,1H3. The summed E-state index contributed by atoms with van der Waals surface area (Å²) in [6.07, 6.45) is 1.94. The molecule has 1 aliphatic rings. The molecule has 1 N–H and O–H groups in total.